The van der Waals surface area contributed by atoms with Gasteiger partial charge in [0.15, 0.2) is 0 Å². The van der Waals surface area contributed by atoms with E-state index in [4.69, 9.17) is 0 Å². The predicted octanol–water partition coefficient (Wildman–Crippen LogP) is 1.42. The van der Waals surface area contributed by atoms with Crippen LogP contribution in [0.5, 0.6) is 0 Å². The molecular weight excluding hydrogens is 292 g/mol. The maximum atomic E-state index is 12.6. The van der Waals surface area contributed by atoms with E-state index in [-0.39, 0.29) is 11.8 Å². The molecule has 2 amide bonds. The first kappa shape index (κ1) is 16.1. The summed E-state index contributed by atoms with van der Waals surface area (Å²) in [5, 5.41) is 0. The number of aromatic amines is 1. The Morgan fingerprint density at radius 3 is 2.17 bits per heavy atom. The Bertz CT molecular complexity index is 567. The molecule has 0 saturated carbocycles. The van der Waals surface area contributed by atoms with E-state index in [9.17, 15) is 9.59 Å². The summed E-state index contributed by atoms with van der Waals surface area (Å²) >= 11 is 0. The molecule has 1 aromatic heterocycles. The summed E-state index contributed by atoms with van der Waals surface area (Å²) in [6, 6.07) is 2.22. The van der Waals surface area contributed by atoms with Crippen molar-refractivity contribution >= 4 is 11.8 Å². The normalized spacial score (nSPS) is 19.6. The third-order valence-corrected chi connectivity index (χ3v) is 4.89. The van der Waals surface area contributed by atoms with Gasteiger partial charge in [-0.15, -0.1) is 0 Å². The molecule has 2 aliphatic rings. The SMILES string of the molecule is CC(C)N1CCN(C(=O)c2c[nH]c(C(=O)N3CCCC3)c2)CC1. The highest BCUT2D eigenvalue weighted by atomic mass is 16.2. The summed E-state index contributed by atoms with van der Waals surface area (Å²) in [6.07, 6.45) is 3.80. The molecule has 1 aromatic rings. The van der Waals surface area contributed by atoms with Crippen molar-refractivity contribution in [3.8, 4) is 0 Å². The molecule has 0 unspecified atom stereocenters. The number of carbonyl (C=O) groups excluding carboxylic acids is 2. The van der Waals surface area contributed by atoms with Gasteiger partial charge < -0.3 is 14.8 Å². The summed E-state index contributed by atoms with van der Waals surface area (Å²) in [5.41, 5.74) is 1.11. The number of hydrogen-bond donors (Lipinski definition) is 1. The molecule has 3 heterocycles. The lowest BCUT2D eigenvalue weighted by Crippen LogP contribution is -2.50. The summed E-state index contributed by atoms with van der Waals surface area (Å²) in [7, 11) is 0. The number of likely N-dealkylation sites (tertiary alicyclic amines) is 1. The van der Waals surface area contributed by atoms with Crippen molar-refractivity contribution in [1.82, 2.24) is 19.7 Å². The highest BCUT2D eigenvalue weighted by Gasteiger charge is 2.26. The molecule has 0 aliphatic carbocycles. The number of aromatic nitrogens is 1. The van der Waals surface area contributed by atoms with Gasteiger partial charge in [-0.05, 0) is 32.8 Å². The highest BCUT2D eigenvalue weighted by molar-refractivity contribution is 5.99. The largest absolute Gasteiger partial charge is 0.356 e. The van der Waals surface area contributed by atoms with Crippen LogP contribution in [0.1, 0.15) is 47.5 Å². The maximum absolute atomic E-state index is 12.6. The van der Waals surface area contributed by atoms with Crippen LogP contribution in [0.3, 0.4) is 0 Å². The summed E-state index contributed by atoms with van der Waals surface area (Å²) in [4.78, 5) is 34.0. The third-order valence-electron chi connectivity index (χ3n) is 4.89. The first-order chi connectivity index (χ1) is 11.1. The van der Waals surface area contributed by atoms with Gasteiger partial charge in [0.25, 0.3) is 11.8 Å². The average Bonchev–Trinajstić information content (AvgIpc) is 3.25. The van der Waals surface area contributed by atoms with Crippen LogP contribution in [0.15, 0.2) is 12.3 Å². The van der Waals surface area contributed by atoms with Crippen molar-refractivity contribution in [1.29, 1.82) is 0 Å². The summed E-state index contributed by atoms with van der Waals surface area (Å²) < 4.78 is 0. The first-order valence-electron chi connectivity index (χ1n) is 8.57. The fourth-order valence-corrected chi connectivity index (χ4v) is 3.36. The van der Waals surface area contributed by atoms with Crippen LogP contribution in [0.25, 0.3) is 0 Å². The topological polar surface area (TPSA) is 59.7 Å². The van der Waals surface area contributed by atoms with Gasteiger partial charge in [0.05, 0.1) is 5.56 Å². The Hall–Kier alpha value is -1.82. The molecule has 126 valence electrons. The number of nitrogens with one attached hydrogen (secondary N) is 1. The second-order valence-corrected chi connectivity index (χ2v) is 6.72. The minimum Gasteiger partial charge on any atom is -0.356 e. The molecule has 2 fully saturated rings. The fourth-order valence-electron chi connectivity index (χ4n) is 3.36. The van der Waals surface area contributed by atoms with Crippen LogP contribution < -0.4 is 0 Å². The monoisotopic (exact) mass is 318 g/mol. The zero-order valence-electron chi connectivity index (χ0n) is 14.0. The first-order valence-corrected chi connectivity index (χ1v) is 8.57. The van der Waals surface area contributed by atoms with Gasteiger partial charge in [0, 0.05) is 51.5 Å². The van der Waals surface area contributed by atoms with E-state index >= 15 is 0 Å². The molecule has 0 aromatic carbocycles. The standard InChI is InChI=1S/C17H26N4O2/c1-13(2)19-7-9-21(10-8-19)16(22)14-11-15(18-12-14)17(23)20-5-3-4-6-20/h11-13,18H,3-10H2,1-2H3. The Morgan fingerprint density at radius 1 is 0.957 bits per heavy atom. The van der Waals surface area contributed by atoms with Gasteiger partial charge in [0.1, 0.15) is 5.69 Å². The van der Waals surface area contributed by atoms with Crippen LogP contribution >= 0.6 is 0 Å². The Balaban J connectivity index is 1.61. The number of H-pyrrole nitrogens is 1. The lowest BCUT2D eigenvalue weighted by Gasteiger charge is -2.36. The van der Waals surface area contributed by atoms with Gasteiger partial charge in [-0.1, -0.05) is 0 Å². The van der Waals surface area contributed by atoms with E-state index in [1.54, 1.807) is 12.3 Å². The van der Waals surface area contributed by atoms with E-state index in [1.807, 2.05) is 9.80 Å². The molecule has 6 nitrogen and oxygen atoms in total. The minimum atomic E-state index is 0.00572. The van der Waals surface area contributed by atoms with Crippen molar-refractivity contribution in [2.75, 3.05) is 39.3 Å². The van der Waals surface area contributed by atoms with Crippen LogP contribution in [-0.2, 0) is 0 Å². The molecule has 3 rings (SSSR count). The smallest absolute Gasteiger partial charge is 0.270 e. The van der Waals surface area contributed by atoms with Gasteiger partial charge in [-0.2, -0.15) is 0 Å². The second-order valence-electron chi connectivity index (χ2n) is 6.72. The minimum absolute atomic E-state index is 0.00572. The van der Waals surface area contributed by atoms with Crippen LogP contribution in [0.4, 0.5) is 0 Å². The number of carbonyl (C=O) groups is 2. The quantitative estimate of drug-likeness (QED) is 0.917. The number of rotatable bonds is 3. The van der Waals surface area contributed by atoms with Gasteiger partial charge in [-0.25, -0.2) is 0 Å². The number of piperazine rings is 1. The zero-order chi connectivity index (χ0) is 16.4. The van der Waals surface area contributed by atoms with Gasteiger partial charge in [0.2, 0.25) is 0 Å². The van der Waals surface area contributed by atoms with Gasteiger partial charge >= 0.3 is 0 Å². The van der Waals surface area contributed by atoms with Crippen molar-refractivity contribution in [2.24, 2.45) is 0 Å². The Labute approximate surface area is 137 Å². The van der Waals surface area contributed by atoms with Crippen LogP contribution in [-0.4, -0.2) is 76.8 Å². The average molecular weight is 318 g/mol. The van der Waals surface area contributed by atoms with Crippen molar-refractivity contribution in [3.63, 3.8) is 0 Å². The molecule has 2 aliphatic heterocycles. The summed E-state index contributed by atoms with van der Waals surface area (Å²) in [6.45, 7) is 9.31. The van der Waals surface area contributed by atoms with Gasteiger partial charge in [-0.3, -0.25) is 14.5 Å². The van der Waals surface area contributed by atoms with E-state index in [0.29, 0.717) is 17.3 Å². The predicted molar refractivity (Wildman–Crippen MR) is 88.5 cm³/mol. The lowest BCUT2D eigenvalue weighted by atomic mass is 10.2. The molecule has 0 bridgehead atoms. The highest BCUT2D eigenvalue weighted by Crippen LogP contribution is 2.15. The molecule has 6 heteroatoms. The number of hydrogen-bond acceptors (Lipinski definition) is 3. The molecule has 2 saturated heterocycles. The molecular formula is C17H26N4O2. The van der Waals surface area contributed by atoms with E-state index in [2.05, 4.69) is 23.7 Å². The van der Waals surface area contributed by atoms with Crippen LogP contribution in [0, 0.1) is 0 Å². The van der Waals surface area contributed by atoms with Crippen molar-refractivity contribution in [2.45, 2.75) is 32.7 Å². The number of amides is 2. The second kappa shape index (κ2) is 6.74. The third kappa shape index (κ3) is 3.42. The van der Waals surface area contributed by atoms with E-state index < -0.39 is 0 Å². The maximum Gasteiger partial charge on any atom is 0.270 e. The lowest BCUT2D eigenvalue weighted by molar-refractivity contribution is 0.0595. The Morgan fingerprint density at radius 2 is 1.57 bits per heavy atom. The summed E-state index contributed by atoms with van der Waals surface area (Å²) in [5.74, 6) is 0.0244. The molecule has 23 heavy (non-hydrogen) atoms. The molecule has 0 radical (unpaired) electrons. The molecule has 0 spiro atoms. The van der Waals surface area contributed by atoms with E-state index in [0.717, 1.165) is 52.1 Å². The molecule has 1 N–H and O–H groups in total. The van der Waals surface area contributed by atoms with Crippen LogP contribution in [0.2, 0.25) is 0 Å². The van der Waals surface area contributed by atoms with Crippen molar-refractivity contribution < 1.29 is 9.59 Å². The van der Waals surface area contributed by atoms with E-state index in [1.165, 1.54) is 0 Å². The molecule has 0 atom stereocenters. The fraction of sp³-hybridized carbons (Fsp3) is 0.647. The number of nitrogens with zero attached hydrogens (tertiary/aromatic N) is 3. The zero-order valence-corrected chi connectivity index (χ0v) is 14.0. The Kier molecular flexibility index (Phi) is 4.71. The van der Waals surface area contributed by atoms with Crippen molar-refractivity contribution in [3.05, 3.63) is 23.5 Å².